The Morgan fingerprint density at radius 1 is 1.35 bits per heavy atom. The molecule has 0 saturated carbocycles. The summed E-state index contributed by atoms with van der Waals surface area (Å²) in [7, 11) is 1.52. The average Bonchev–Trinajstić information content (AvgIpc) is 2.45. The smallest absolute Gasteiger partial charge is 0.361 e. The number of carbonyl (C=O) groups is 1. The van der Waals surface area contributed by atoms with Gasteiger partial charge in [0.1, 0.15) is 12.4 Å². The maximum Gasteiger partial charge on any atom is 0.361 e. The van der Waals surface area contributed by atoms with Crippen molar-refractivity contribution in [2.24, 2.45) is 0 Å². The topological polar surface area (TPSA) is 87.3 Å². The second-order valence-electron chi connectivity index (χ2n) is 3.82. The molecular weight excluding hydrogens is 282 g/mol. The minimum Gasteiger partial charge on any atom is -0.496 e. The van der Waals surface area contributed by atoms with Crippen LogP contribution in [-0.4, -0.2) is 23.0 Å². The molecule has 1 aromatic carbocycles. The zero-order valence-corrected chi connectivity index (χ0v) is 11.4. The van der Waals surface area contributed by atoms with Crippen LogP contribution in [0.15, 0.2) is 30.6 Å². The van der Waals surface area contributed by atoms with Gasteiger partial charge in [0.25, 0.3) is 0 Å². The van der Waals surface area contributed by atoms with Crippen molar-refractivity contribution in [1.29, 1.82) is 0 Å². The van der Waals surface area contributed by atoms with Gasteiger partial charge >= 0.3 is 5.97 Å². The fourth-order valence-electron chi connectivity index (χ4n) is 1.58. The first kappa shape index (κ1) is 14.1. The van der Waals surface area contributed by atoms with Gasteiger partial charge in [-0.15, -0.1) is 0 Å². The molecule has 0 bridgehead atoms. The fraction of sp³-hybridized carbons (Fsp3) is 0.154. The van der Waals surface area contributed by atoms with Crippen LogP contribution < -0.4 is 10.5 Å². The summed E-state index contributed by atoms with van der Waals surface area (Å²) >= 11 is 5.89. The first-order valence-electron chi connectivity index (χ1n) is 5.68. The zero-order valence-electron chi connectivity index (χ0n) is 10.7. The molecule has 20 heavy (non-hydrogen) atoms. The first-order valence-corrected chi connectivity index (χ1v) is 6.05. The fourth-order valence-corrected chi connectivity index (χ4v) is 1.77. The highest BCUT2D eigenvalue weighted by Crippen LogP contribution is 2.23. The molecule has 0 aliphatic rings. The zero-order chi connectivity index (χ0) is 14.5. The van der Waals surface area contributed by atoms with Crippen molar-refractivity contribution in [1.82, 2.24) is 9.97 Å². The molecule has 1 aromatic heterocycles. The summed E-state index contributed by atoms with van der Waals surface area (Å²) in [4.78, 5) is 19.4. The number of hydrogen-bond acceptors (Lipinski definition) is 6. The summed E-state index contributed by atoms with van der Waals surface area (Å²) in [5, 5.41) is 0.524. The van der Waals surface area contributed by atoms with E-state index in [0.717, 1.165) is 0 Å². The Labute approximate surface area is 120 Å². The number of ether oxygens (including phenoxy) is 2. The van der Waals surface area contributed by atoms with Crippen LogP contribution in [0.4, 0.5) is 5.82 Å². The monoisotopic (exact) mass is 293 g/mol. The quantitative estimate of drug-likeness (QED) is 0.868. The van der Waals surface area contributed by atoms with Crippen LogP contribution in [-0.2, 0) is 11.3 Å². The number of aromatic nitrogens is 2. The molecule has 104 valence electrons. The second kappa shape index (κ2) is 6.21. The molecule has 2 aromatic rings. The van der Waals surface area contributed by atoms with Gasteiger partial charge < -0.3 is 15.2 Å². The minimum atomic E-state index is -0.655. The third kappa shape index (κ3) is 3.16. The number of nitrogen functional groups attached to an aromatic ring is 1. The van der Waals surface area contributed by atoms with Crippen LogP contribution in [0, 0.1) is 0 Å². The Morgan fingerprint density at radius 2 is 2.10 bits per heavy atom. The summed E-state index contributed by atoms with van der Waals surface area (Å²) in [6.45, 7) is -0.00141. The summed E-state index contributed by atoms with van der Waals surface area (Å²) in [6, 6.07) is 5.04. The molecule has 1 heterocycles. The number of anilines is 1. The Bertz CT molecular complexity index is 634. The van der Waals surface area contributed by atoms with E-state index in [-0.39, 0.29) is 18.1 Å². The molecule has 2 N–H and O–H groups in total. The summed E-state index contributed by atoms with van der Waals surface area (Å²) in [6.07, 6.45) is 2.76. The van der Waals surface area contributed by atoms with Crippen molar-refractivity contribution >= 4 is 23.4 Å². The van der Waals surface area contributed by atoms with E-state index in [4.69, 9.17) is 26.8 Å². The predicted octanol–water partition coefficient (Wildman–Crippen LogP) is 2.08. The van der Waals surface area contributed by atoms with E-state index in [2.05, 4.69) is 9.97 Å². The van der Waals surface area contributed by atoms with Gasteiger partial charge in [0.2, 0.25) is 0 Å². The Kier molecular flexibility index (Phi) is 4.37. The number of hydrogen-bond donors (Lipinski definition) is 1. The lowest BCUT2D eigenvalue weighted by Gasteiger charge is -2.10. The SMILES string of the molecule is COc1ccc(Cl)cc1COC(=O)c1nccnc1N. The predicted molar refractivity (Wildman–Crippen MR) is 73.6 cm³/mol. The molecule has 0 fully saturated rings. The highest BCUT2D eigenvalue weighted by molar-refractivity contribution is 6.30. The number of benzene rings is 1. The van der Waals surface area contributed by atoms with E-state index in [1.165, 1.54) is 19.5 Å². The van der Waals surface area contributed by atoms with E-state index < -0.39 is 5.97 Å². The molecule has 0 saturated heterocycles. The Balaban J connectivity index is 2.11. The maximum atomic E-state index is 11.8. The van der Waals surface area contributed by atoms with E-state index in [0.29, 0.717) is 16.3 Å². The standard InChI is InChI=1S/C13H12ClN3O3/c1-19-10-3-2-9(14)6-8(10)7-20-13(18)11-12(15)17-5-4-16-11/h2-6H,7H2,1H3,(H2,15,17). The Hall–Kier alpha value is -2.34. The van der Waals surface area contributed by atoms with Gasteiger partial charge in [0.15, 0.2) is 11.5 Å². The number of halogens is 1. The maximum absolute atomic E-state index is 11.8. The average molecular weight is 294 g/mol. The van der Waals surface area contributed by atoms with Crippen molar-refractivity contribution in [3.63, 3.8) is 0 Å². The molecular formula is C13H12ClN3O3. The number of rotatable bonds is 4. The van der Waals surface area contributed by atoms with Crippen molar-refractivity contribution in [2.45, 2.75) is 6.61 Å². The molecule has 7 heteroatoms. The van der Waals surface area contributed by atoms with Crippen LogP contribution in [0.3, 0.4) is 0 Å². The van der Waals surface area contributed by atoms with Crippen LogP contribution >= 0.6 is 11.6 Å². The third-order valence-corrected chi connectivity index (χ3v) is 2.76. The molecule has 0 unspecified atom stereocenters. The number of esters is 1. The van der Waals surface area contributed by atoms with Gasteiger partial charge in [0, 0.05) is 23.0 Å². The molecule has 0 atom stereocenters. The minimum absolute atomic E-state index is 0.00141. The van der Waals surface area contributed by atoms with Gasteiger partial charge in [-0.2, -0.15) is 0 Å². The van der Waals surface area contributed by atoms with Crippen LogP contribution in [0.2, 0.25) is 5.02 Å². The van der Waals surface area contributed by atoms with Crippen LogP contribution in [0.25, 0.3) is 0 Å². The summed E-state index contributed by atoms with van der Waals surface area (Å²) < 4.78 is 10.3. The highest BCUT2D eigenvalue weighted by atomic mass is 35.5. The van der Waals surface area contributed by atoms with Crippen molar-refractivity contribution < 1.29 is 14.3 Å². The van der Waals surface area contributed by atoms with Crippen LogP contribution in [0.1, 0.15) is 16.1 Å². The van der Waals surface area contributed by atoms with Gasteiger partial charge in [-0.05, 0) is 18.2 Å². The number of nitrogens with two attached hydrogens (primary N) is 1. The molecule has 6 nitrogen and oxygen atoms in total. The molecule has 0 aliphatic carbocycles. The summed E-state index contributed by atoms with van der Waals surface area (Å²) in [5.74, 6) is -0.0532. The van der Waals surface area contributed by atoms with Crippen LogP contribution in [0.5, 0.6) is 5.75 Å². The molecule has 0 aliphatic heterocycles. The second-order valence-corrected chi connectivity index (χ2v) is 4.26. The van der Waals surface area contributed by atoms with Crippen molar-refractivity contribution in [3.8, 4) is 5.75 Å². The van der Waals surface area contributed by atoms with Crippen molar-refractivity contribution in [2.75, 3.05) is 12.8 Å². The lowest BCUT2D eigenvalue weighted by molar-refractivity contribution is 0.0464. The highest BCUT2D eigenvalue weighted by Gasteiger charge is 2.15. The molecule has 0 spiro atoms. The summed E-state index contributed by atoms with van der Waals surface area (Å²) in [5.41, 5.74) is 6.18. The van der Waals surface area contributed by atoms with E-state index in [1.807, 2.05) is 0 Å². The third-order valence-electron chi connectivity index (χ3n) is 2.52. The van der Waals surface area contributed by atoms with Gasteiger partial charge in [-0.1, -0.05) is 11.6 Å². The van der Waals surface area contributed by atoms with E-state index >= 15 is 0 Å². The Morgan fingerprint density at radius 3 is 2.80 bits per heavy atom. The first-order chi connectivity index (χ1) is 9.61. The largest absolute Gasteiger partial charge is 0.496 e. The lowest BCUT2D eigenvalue weighted by atomic mass is 10.2. The van der Waals surface area contributed by atoms with E-state index in [1.54, 1.807) is 18.2 Å². The molecule has 0 amide bonds. The lowest BCUT2D eigenvalue weighted by Crippen LogP contribution is -2.11. The van der Waals surface area contributed by atoms with Crippen molar-refractivity contribution in [3.05, 3.63) is 46.9 Å². The molecule has 2 rings (SSSR count). The number of nitrogens with zero attached hydrogens (tertiary/aromatic N) is 2. The normalized spacial score (nSPS) is 10.1. The molecule has 0 radical (unpaired) electrons. The number of carbonyl (C=O) groups excluding carboxylic acids is 1. The van der Waals surface area contributed by atoms with Gasteiger partial charge in [-0.25, -0.2) is 14.8 Å². The number of methoxy groups -OCH3 is 1. The van der Waals surface area contributed by atoms with Gasteiger partial charge in [0.05, 0.1) is 7.11 Å². The van der Waals surface area contributed by atoms with Gasteiger partial charge in [-0.3, -0.25) is 0 Å². The van der Waals surface area contributed by atoms with E-state index in [9.17, 15) is 4.79 Å².